The normalized spacial score (nSPS) is 24.9. The molecule has 1 aliphatic heterocycles. The lowest BCUT2D eigenvalue weighted by Crippen LogP contribution is -2.41. The molecule has 0 amide bonds. The van der Waals surface area contributed by atoms with Crippen molar-refractivity contribution in [1.29, 1.82) is 0 Å². The molecule has 1 N–H and O–H groups in total. The molecule has 0 radical (unpaired) electrons. The Morgan fingerprint density at radius 3 is 2.78 bits per heavy atom. The largest absolute Gasteiger partial charge is 0.390 e. The molecule has 4 nitrogen and oxygen atoms in total. The minimum absolute atomic E-state index is 0.0413. The summed E-state index contributed by atoms with van der Waals surface area (Å²) in [5.74, 6) is 0.961. The Hall–Kier alpha value is -0.720. The predicted octanol–water partition coefficient (Wildman–Crippen LogP) is 2.22. The molecule has 0 spiro atoms. The molecule has 0 saturated carbocycles. The summed E-state index contributed by atoms with van der Waals surface area (Å²) in [6, 6.07) is 0. The third-order valence-corrected chi connectivity index (χ3v) is 5.19. The molecule has 98 valence electrons. The average molecular weight is 283 g/mol. The van der Waals surface area contributed by atoms with E-state index in [1.807, 2.05) is 27.7 Å². The lowest BCUT2D eigenvalue weighted by molar-refractivity contribution is 0.276. The summed E-state index contributed by atoms with van der Waals surface area (Å²) in [7, 11) is 0. The first-order chi connectivity index (χ1) is 8.69. The highest BCUT2D eigenvalue weighted by Crippen LogP contribution is 2.31. The summed E-state index contributed by atoms with van der Waals surface area (Å²) in [6.07, 6.45) is 1.98. The molecule has 1 saturated heterocycles. The van der Waals surface area contributed by atoms with E-state index in [0.717, 1.165) is 29.6 Å². The molecule has 2 atom stereocenters. The van der Waals surface area contributed by atoms with E-state index in [1.54, 1.807) is 11.3 Å². The Morgan fingerprint density at radius 2 is 2.11 bits per heavy atom. The Balaban J connectivity index is 1.99. The van der Waals surface area contributed by atoms with E-state index in [4.69, 9.17) is 0 Å². The molecule has 0 bridgehead atoms. The molecular formula is C12H17N3OS2. The van der Waals surface area contributed by atoms with E-state index in [2.05, 4.69) is 23.7 Å². The van der Waals surface area contributed by atoms with Gasteiger partial charge in [-0.15, -0.1) is 11.3 Å². The van der Waals surface area contributed by atoms with Gasteiger partial charge in [-0.3, -0.25) is 4.40 Å². The number of aromatic nitrogens is 2. The van der Waals surface area contributed by atoms with Crippen molar-refractivity contribution in [1.82, 2.24) is 9.38 Å². The Labute approximate surface area is 115 Å². The molecule has 3 heterocycles. The zero-order chi connectivity index (χ0) is 12.7. The summed E-state index contributed by atoms with van der Waals surface area (Å²) in [5, 5.41) is 12.8. The number of imidazole rings is 1. The summed E-state index contributed by atoms with van der Waals surface area (Å²) >= 11 is 3.64. The number of thioether (sulfide) groups is 1. The fraction of sp³-hybridized carbons (Fsp3) is 0.583. The van der Waals surface area contributed by atoms with Gasteiger partial charge in [-0.25, -0.2) is 4.98 Å². The van der Waals surface area contributed by atoms with Crippen LogP contribution < -0.4 is 4.90 Å². The van der Waals surface area contributed by atoms with Crippen molar-refractivity contribution in [3.05, 3.63) is 17.3 Å². The number of fused-ring (bicyclic) bond motifs is 1. The topological polar surface area (TPSA) is 40.8 Å². The zero-order valence-electron chi connectivity index (χ0n) is 10.5. The number of thiazole rings is 1. The van der Waals surface area contributed by atoms with Crippen molar-refractivity contribution < 1.29 is 5.11 Å². The van der Waals surface area contributed by atoms with Crippen LogP contribution in [0.3, 0.4) is 0 Å². The maximum atomic E-state index is 9.60. The Bertz CT molecular complexity index is 541. The van der Waals surface area contributed by atoms with Gasteiger partial charge in [0.15, 0.2) is 10.8 Å². The number of rotatable bonds is 2. The van der Waals surface area contributed by atoms with Gasteiger partial charge >= 0.3 is 0 Å². The van der Waals surface area contributed by atoms with Crippen LogP contribution in [0.25, 0.3) is 4.96 Å². The van der Waals surface area contributed by atoms with Crippen LogP contribution >= 0.6 is 23.1 Å². The van der Waals surface area contributed by atoms with Crippen LogP contribution in [0.4, 0.5) is 5.82 Å². The standard InChI is InChI=1S/C12H17N3OS2/c1-8-5-14(6-9(2)18-8)11-10(7-16)15-3-4-17-12(15)13-11/h3-4,8-9,16H,5-7H2,1-2H3. The maximum absolute atomic E-state index is 9.60. The maximum Gasteiger partial charge on any atom is 0.195 e. The predicted molar refractivity (Wildman–Crippen MR) is 77.7 cm³/mol. The van der Waals surface area contributed by atoms with Crippen molar-refractivity contribution in [2.75, 3.05) is 18.0 Å². The van der Waals surface area contributed by atoms with Gasteiger partial charge in [0, 0.05) is 35.2 Å². The highest BCUT2D eigenvalue weighted by atomic mass is 32.2. The summed E-state index contributed by atoms with van der Waals surface area (Å²) in [5.41, 5.74) is 0.914. The molecule has 3 rings (SSSR count). The first-order valence-corrected chi connectivity index (χ1v) is 7.97. The van der Waals surface area contributed by atoms with E-state index in [0.29, 0.717) is 10.5 Å². The molecule has 18 heavy (non-hydrogen) atoms. The van der Waals surface area contributed by atoms with E-state index in [1.165, 1.54) is 0 Å². The monoisotopic (exact) mass is 283 g/mol. The van der Waals surface area contributed by atoms with Crippen molar-refractivity contribution in [3.8, 4) is 0 Å². The number of aliphatic hydroxyl groups excluding tert-OH is 1. The first kappa shape index (κ1) is 12.3. The molecular weight excluding hydrogens is 266 g/mol. The molecule has 0 aromatic carbocycles. The minimum atomic E-state index is 0.0413. The minimum Gasteiger partial charge on any atom is -0.390 e. The van der Waals surface area contributed by atoms with Crippen LogP contribution in [-0.4, -0.2) is 38.1 Å². The van der Waals surface area contributed by atoms with Crippen LogP contribution in [-0.2, 0) is 6.61 Å². The van der Waals surface area contributed by atoms with E-state index in [9.17, 15) is 5.11 Å². The molecule has 1 aliphatic rings. The van der Waals surface area contributed by atoms with E-state index in [-0.39, 0.29) is 6.61 Å². The number of aliphatic hydroxyl groups is 1. The van der Waals surface area contributed by atoms with Crippen molar-refractivity contribution in [3.63, 3.8) is 0 Å². The second-order valence-electron chi connectivity index (χ2n) is 4.76. The second kappa shape index (κ2) is 4.75. The molecule has 2 unspecified atom stereocenters. The van der Waals surface area contributed by atoms with Crippen LogP contribution in [0, 0.1) is 0 Å². The molecule has 1 fully saturated rings. The van der Waals surface area contributed by atoms with Gasteiger partial charge in [0.1, 0.15) is 0 Å². The first-order valence-electron chi connectivity index (χ1n) is 6.14. The third kappa shape index (κ3) is 2.02. The van der Waals surface area contributed by atoms with Gasteiger partial charge in [-0.05, 0) is 0 Å². The van der Waals surface area contributed by atoms with Gasteiger partial charge in [-0.1, -0.05) is 13.8 Å². The SMILES string of the molecule is CC1CN(c2nc3sccn3c2CO)CC(C)S1. The average Bonchev–Trinajstić information content (AvgIpc) is 2.86. The van der Waals surface area contributed by atoms with E-state index < -0.39 is 0 Å². The second-order valence-corrected chi connectivity index (χ2v) is 7.51. The lowest BCUT2D eigenvalue weighted by atomic mass is 10.3. The number of hydrogen-bond donors (Lipinski definition) is 1. The van der Waals surface area contributed by atoms with Crippen molar-refractivity contribution in [2.45, 2.75) is 31.0 Å². The smallest absolute Gasteiger partial charge is 0.195 e. The van der Waals surface area contributed by atoms with Gasteiger partial charge in [0.25, 0.3) is 0 Å². The molecule has 2 aromatic heterocycles. The Kier molecular flexibility index (Phi) is 3.25. The summed E-state index contributed by atoms with van der Waals surface area (Å²) < 4.78 is 2.00. The fourth-order valence-corrected chi connectivity index (χ4v) is 4.63. The fourth-order valence-electron chi connectivity index (χ4n) is 2.57. The highest BCUT2D eigenvalue weighted by Gasteiger charge is 2.26. The van der Waals surface area contributed by atoms with Crippen LogP contribution in [0.2, 0.25) is 0 Å². The van der Waals surface area contributed by atoms with Crippen LogP contribution in [0.1, 0.15) is 19.5 Å². The van der Waals surface area contributed by atoms with Crippen molar-refractivity contribution in [2.24, 2.45) is 0 Å². The molecule has 6 heteroatoms. The van der Waals surface area contributed by atoms with Gasteiger partial charge in [0.05, 0.1) is 12.3 Å². The van der Waals surface area contributed by atoms with Gasteiger partial charge < -0.3 is 10.0 Å². The third-order valence-electron chi connectivity index (χ3n) is 3.21. The van der Waals surface area contributed by atoms with Gasteiger partial charge in [0.2, 0.25) is 0 Å². The highest BCUT2D eigenvalue weighted by molar-refractivity contribution is 8.00. The van der Waals surface area contributed by atoms with Crippen molar-refractivity contribution >= 4 is 33.9 Å². The number of hydrogen-bond acceptors (Lipinski definition) is 5. The lowest BCUT2D eigenvalue weighted by Gasteiger charge is -2.35. The number of anilines is 1. The summed E-state index contributed by atoms with van der Waals surface area (Å²) in [6.45, 7) is 6.56. The quantitative estimate of drug-likeness (QED) is 0.917. The summed E-state index contributed by atoms with van der Waals surface area (Å²) in [4.78, 5) is 7.96. The molecule has 0 aliphatic carbocycles. The zero-order valence-corrected chi connectivity index (χ0v) is 12.2. The van der Waals surface area contributed by atoms with E-state index >= 15 is 0 Å². The number of nitrogens with zero attached hydrogens (tertiary/aromatic N) is 3. The Morgan fingerprint density at radius 1 is 1.39 bits per heavy atom. The van der Waals surface area contributed by atoms with Gasteiger partial charge in [-0.2, -0.15) is 11.8 Å². The van der Waals surface area contributed by atoms with Crippen LogP contribution in [0.15, 0.2) is 11.6 Å². The molecule has 2 aromatic rings. The van der Waals surface area contributed by atoms with Crippen LogP contribution in [0.5, 0.6) is 0 Å².